The number of likely N-dealkylation sites (N-methyl/N-ethyl adjacent to an activating group) is 1. The van der Waals surface area contributed by atoms with Crippen LogP contribution in [0.2, 0.25) is 0 Å². The Kier molecular flexibility index (Phi) is 4.76. The van der Waals surface area contributed by atoms with Crippen LogP contribution >= 0.6 is 11.3 Å². The first-order valence-corrected chi connectivity index (χ1v) is 7.55. The molecule has 2 heterocycles. The van der Waals surface area contributed by atoms with E-state index in [1.807, 2.05) is 0 Å². The van der Waals surface area contributed by atoms with Gasteiger partial charge in [-0.25, -0.2) is 4.98 Å². The van der Waals surface area contributed by atoms with E-state index in [1.54, 1.807) is 11.3 Å². The minimum absolute atomic E-state index is 0.192. The van der Waals surface area contributed by atoms with Crippen molar-refractivity contribution in [2.45, 2.75) is 26.2 Å². The monoisotopic (exact) mass is 283 g/mol. The van der Waals surface area contributed by atoms with Crippen LogP contribution in [0.15, 0.2) is 0 Å². The number of anilines is 1. The fraction of sp³-hybridized carbons (Fsp3) is 0.692. The zero-order valence-corrected chi connectivity index (χ0v) is 12.4. The number of carboxylic acids is 1. The van der Waals surface area contributed by atoms with E-state index in [1.165, 1.54) is 0 Å². The summed E-state index contributed by atoms with van der Waals surface area (Å²) in [6, 6.07) is 0. The lowest BCUT2D eigenvalue weighted by atomic mass is 10.2. The molecule has 2 rings (SSSR count). The Balaban J connectivity index is 2.07. The first kappa shape index (κ1) is 14.3. The van der Waals surface area contributed by atoms with Crippen LogP contribution in [0, 0.1) is 0 Å². The highest BCUT2D eigenvalue weighted by Gasteiger charge is 2.19. The van der Waals surface area contributed by atoms with Crippen molar-refractivity contribution in [1.29, 1.82) is 0 Å². The molecule has 1 aliphatic heterocycles. The fourth-order valence-electron chi connectivity index (χ4n) is 2.19. The molecule has 19 heavy (non-hydrogen) atoms. The first-order valence-electron chi connectivity index (χ1n) is 6.74. The third-order valence-electron chi connectivity index (χ3n) is 3.44. The average Bonchev–Trinajstić information content (AvgIpc) is 2.80. The van der Waals surface area contributed by atoms with Crippen LogP contribution in [0.4, 0.5) is 5.13 Å². The number of rotatable bonds is 5. The van der Waals surface area contributed by atoms with Gasteiger partial charge >= 0.3 is 5.97 Å². The van der Waals surface area contributed by atoms with Gasteiger partial charge in [-0.1, -0.05) is 6.92 Å². The lowest BCUT2D eigenvalue weighted by molar-refractivity contribution is -0.136. The first-order chi connectivity index (χ1) is 9.10. The Hall–Kier alpha value is -1.14. The van der Waals surface area contributed by atoms with E-state index in [2.05, 4.69) is 28.8 Å². The number of aliphatic carboxylic acids is 1. The zero-order valence-electron chi connectivity index (χ0n) is 11.6. The van der Waals surface area contributed by atoms with Gasteiger partial charge < -0.3 is 14.9 Å². The van der Waals surface area contributed by atoms with Crippen molar-refractivity contribution >= 4 is 22.4 Å². The maximum atomic E-state index is 10.7. The van der Waals surface area contributed by atoms with Crippen LogP contribution in [0.25, 0.3) is 0 Å². The van der Waals surface area contributed by atoms with Gasteiger partial charge in [-0.2, -0.15) is 0 Å². The smallest absolute Gasteiger partial charge is 0.303 e. The maximum absolute atomic E-state index is 10.7. The summed E-state index contributed by atoms with van der Waals surface area (Å²) in [5.74, 6) is -0.739. The number of carbonyl (C=O) groups is 1. The van der Waals surface area contributed by atoms with Gasteiger partial charge in [-0.15, -0.1) is 11.3 Å². The molecule has 1 fully saturated rings. The summed E-state index contributed by atoms with van der Waals surface area (Å²) in [5, 5.41) is 9.85. The van der Waals surface area contributed by atoms with Gasteiger partial charge in [0.05, 0.1) is 12.1 Å². The van der Waals surface area contributed by atoms with E-state index in [0.717, 1.165) is 48.3 Å². The van der Waals surface area contributed by atoms with Gasteiger partial charge in [-0.3, -0.25) is 4.79 Å². The van der Waals surface area contributed by atoms with Crippen LogP contribution in [-0.2, 0) is 17.6 Å². The Labute approximate surface area is 117 Å². The van der Waals surface area contributed by atoms with E-state index >= 15 is 0 Å². The molecule has 0 radical (unpaired) electrons. The number of carboxylic acid groups (broad SMARTS) is 1. The molecule has 0 bridgehead atoms. The summed E-state index contributed by atoms with van der Waals surface area (Å²) in [5.41, 5.74) is 1.07. The normalized spacial score (nSPS) is 16.8. The van der Waals surface area contributed by atoms with Crippen molar-refractivity contribution in [2.75, 3.05) is 38.1 Å². The van der Waals surface area contributed by atoms with Crippen LogP contribution in [0.3, 0.4) is 0 Å². The van der Waals surface area contributed by atoms with Crippen molar-refractivity contribution in [1.82, 2.24) is 9.88 Å². The van der Waals surface area contributed by atoms with Crippen LogP contribution in [-0.4, -0.2) is 54.2 Å². The number of aromatic nitrogens is 1. The molecule has 6 heteroatoms. The number of hydrogen-bond donors (Lipinski definition) is 1. The maximum Gasteiger partial charge on any atom is 0.303 e. The summed E-state index contributed by atoms with van der Waals surface area (Å²) in [7, 11) is 2.13. The van der Waals surface area contributed by atoms with Gasteiger partial charge in [0.25, 0.3) is 0 Å². The van der Waals surface area contributed by atoms with Crippen molar-refractivity contribution < 1.29 is 9.90 Å². The zero-order chi connectivity index (χ0) is 13.8. The highest BCUT2D eigenvalue weighted by molar-refractivity contribution is 7.15. The van der Waals surface area contributed by atoms with Gasteiger partial charge in [0.15, 0.2) is 5.13 Å². The largest absolute Gasteiger partial charge is 0.481 e. The molecule has 0 spiro atoms. The average molecular weight is 283 g/mol. The molecule has 1 saturated heterocycles. The van der Waals surface area contributed by atoms with E-state index in [4.69, 9.17) is 5.11 Å². The number of nitrogens with zero attached hydrogens (tertiary/aromatic N) is 3. The minimum Gasteiger partial charge on any atom is -0.481 e. The minimum atomic E-state index is -0.739. The quantitative estimate of drug-likeness (QED) is 0.887. The summed E-state index contributed by atoms with van der Waals surface area (Å²) in [4.78, 5) is 21.1. The van der Waals surface area contributed by atoms with Gasteiger partial charge in [0.2, 0.25) is 0 Å². The highest BCUT2D eigenvalue weighted by Crippen LogP contribution is 2.28. The van der Waals surface area contributed by atoms with Crippen molar-refractivity contribution in [2.24, 2.45) is 0 Å². The molecule has 0 saturated carbocycles. The second kappa shape index (κ2) is 6.34. The molecule has 106 valence electrons. The topological polar surface area (TPSA) is 56.7 Å². The lowest BCUT2D eigenvalue weighted by Crippen LogP contribution is -2.44. The molecule has 1 aromatic heterocycles. The standard InChI is InChI=1S/C13H21N3O2S/c1-3-10-11(4-5-12(17)18)19-13(14-10)16-8-6-15(2)7-9-16/h3-9H2,1-2H3,(H,17,18). The molecule has 0 aliphatic carbocycles. The molecule has 0 unspecified atom stereocenters. The third-order valence-corrected chi connectivity index (χ3v) is 4.66. The van der Waals surface area contributed by atoms with Crippen molar-refractivity contribution in [3.8, 4) is 0 Å². The van der Waals surface area contributed by atoms with Crippen molar-refractivity contribution in [3.05, 3.63) is 10.6 Å². The lowest BCUT2D eigenvalue weighted by Gasteiger charge is -2.32. The summed E-state index contributed by atoms with van der Waals surface area (Å²) >= 11 is 1.67. The molecule has 1 aromatic rings. The van der Waals surface area contributed by atoms with Crippen molar-refractivity contribution in [3.63, 3.8) is 0 Å². The second-order valence-corrected chi connectivity index (χ2v) is 5.97. The third kappa shape index (κ3) is 3.67. The second-order valence-electron chi connectivity index (χ2n) is 4.90. The van der Waals surface area contributed by atoms with E-state index in [9.17, 15) is 4.79 Å². The Morgan fingerprint density at radius 1 is 1.37 bits per heavy atom. The van der Waals surface area contributed by atoms with Gasteiger partial charge in [0.1, 0.15) is 0 Å². The predicted octanol–water partition coefficient (Wildman–Crippen LogP) is 1.47. The predicted molar refractivity (Wildman–Crippen MR) is 77.2 cm³/mol. The highest BCUT2D eigenvalue weighted by atomic mass is 32.1. The molecule has 0 aromatic carbocycles. The Morgan fingerprint density at radius 2 is 2.05 bits per heavy atom. The van der Waals surface area contributed by atoms with Gasteiger partial charge in [-0.05, 0) is 19.9 Å². The van der Waals surface area contributed by atoms with Crippen LogP contribution < -0.4 is 4.90 Å². The molecule has 0 atom stereocenters. The Bertz CT molecular complexity index is 439. The number of piperazine rings is 1. The summed E-state index contributed by atoms with van der Waals surface area (Å²) < 4.78 is 0. The molecule has 5 nitrogen and oxygen atoms in total. The van der Waals surface area contributed by atoms with E-state index < -0.39 is 5.97 Å². The van der Waals surface area contributed by atoms with Crippen LogP contribution in [0.1, 0.15) is 23.9 Å². The van der Waals surface area contributed by atoms with Crippen LogP contribution in [0.5, 0.6) is 0 Å². The number of hydrogen-bond acceptors (Lipinski definition) is 5. The molecular formula is C13H21N3O2S. The van der Waals surface area contributed by atoms with E-state index in [-0.39, 0.29) is 6.42 Å². The number of aryl methyl sites for hydroxylation is 2. The Morgan fingerprint density at radius 3 is 2.63 bits per heavy atom. The molecular weight excluding hydrogens is 262 g/mol. The molecule has 1 aliphatic rings. The molecule has 0 amide bonds. The fourth-order valence-corrected chi connectivity index (χ4v) is 3.39. The van der Waals surface area contributed by atoms with E-state index in [0.29, 0.717) is 6.42 Å². The summed E-state index contributed by atoms with van der Waals surface area (Å²) in [6.45, 7) is 6.21. The summed E-state index contributed by atoms with van der Waals surface area (Å²) in [6.07, 6.45) is 1.67. The molecule has 1 N–H and O–H groups in total. The SMILES string of the molecule is CCc1nc(N2CCN(C)CC2)sc1CCC(=O)O. The van der Waals surface area contributed by atoms with Gasteiger partial charge in [0, 0.05) is 31.1 Å². The number of thiazole rings is 1.